The van der Waals surface area contributed by atoms with Gasteiger partial charge in [0.2, 0.25) is 0 Å². The fourth-order valence-electron chi connectivity index (χ4n) is 2.48. The lowest BCUT2D eigenvalue weighted by Crippen LogP contribution is -2.23. The summed E-state index contributed by atoms with van der Waals surface area (Å²) < 4.78 is 6.71. The summed E-state index contributed by atoms with van der Waals surface area (Å²) in [6.45, 7) is 3.97. The third-order valence-corrected chi connectivity index (χ3v) is 3.78. The zero-order valence-electron chi connectivity index (χ0n) is 12.7. The largest absolute Gasteiger partial charge is 0.394 e. The van der Waals surface area contributed by atoms with E-state index in [0.29, 0.717) is 23.0 Å². The first-order valence-corrected chi connectivity index (χ1v) is 7.37. The number of halogens is 1. The molecule has 118 valence electrons. The molecule has 7 heteroatoms. The number of pyridine rings is 2. The average molecular weight is 331 g/mol. The number of aryl methyl sites for hydroxylation is 2. The molecule has 0 aliphatic carbocycles. The van der Waals surface area contributed by atoms with E-state index in [4.69, 9.17) is 21.9 Å². The Kier molecular flexibility index (Phi) is 3.92. The van der Waals surface area contributed by atoms with Gasteiger partial charge in [0.25, 0.3) is 5.56 Å². The maximum atomic E-state index is 12.3. The molecule has 0 aliphatic rings. The molecule has 0 fully saturated rings. The van der Waals surface area contributed by atoms with Gasteiger partial charge in [-0.1, -0.05) is 16.8 Å². The second kappa shape index (κ2) is 5.89. The molecule has 0 bridgehead atoms. The highest BCUT2D eigenvalue weighted by molar-refractivity contribution is 6.30. The van der Waals surface area contributed by atoms with E-state index in [9.17, 15) is 4.79 Å². The molecule has 0 saturated carbocycles. The topological polar surface area (TPSA) is 86.9 Å². The van der Waals surface area contributed by atoms with Gasteiger partial charge in [-0.25, -0.2) is 0 Å². The van der Waals surface area contributed by atoms with Crippen molar-refractivity contribution in [2.24, 2.45) is 0 Å². The zero-order valence-corrected chi connectivity index (χ0v) is 13.5. The van der Waals surface area contributed by atoms with Crippen molar-refractivity contribution >= 4 is 17.3 Å². The van der Waals surface area contributed by atoms with E-state index in [1.807, 2.05) is 13.8 Å². The van der Waals surface area contributed by atoms with Crippen LogP contribution < -0.4 is 11.3 Å². The third kappa shape index (κ3) is 2.98. The predicted molar refractivity (Wildman–Crippen MR) is 88.4 cm³/mol. The second-order valence-corrected chi connectivity index (χ2v) is 5.72. The van der Waals surface area contributed by atoms with Crippen molar-refractivity contribution in [3.8, 4) is 11.1 Å². The summed E-state index contributed by atoms with van der Waals surface area (Å²) in [5.74, 6) is 0.678. The Morgan fingerprint density at radius 3 is 2.74 bits per heavy atom. The van der Waals surface area contributed by atoms with Gasteiger partial charge in [-0.2, -0.15) is 0 Å². The molecule has 0 spiro atoms. The number of nitrogen functional groups attached to an aromatic ring is 1. The molecule has 0 radical (unpaired) electrons. The Labute approximate surface area is 137 Å². The molecule has 0 unspecified atom stereocenters. The number of anilines is 1. The molecule has 23 heavy (non-hydrogen) atoms. The summed E-state index contributed by atoms with van der Waals surface area (Å²) in [5, 5.41) is 4.48. The van der Waals surface area contributed by atoms with E-state index in [2.05, 4.69) is 10.1 Å². The molecule has 0 aromatic carbocycles. The van der Waals surface area contributed by atoms with E-state index in [1.54, 1.807) is 30.6 Å². The van der Waals surface area contributed by atoms with E-state index >= 15 is 0 Å². The summed E-state index contributed by atoms with van der Waals surface area (Å²) in [6.07, 6.45) is 3.28. The number of hydrogen-bond acceptors (Lipinski definition) is 5. The first-order valence-electron chi connectivity index (χ1n) is 6.99. The summed E-state index contributed by atoms with van der Waals surface area (Å²) in [6, 6.07) is 5.14. The second-order valence-electron chi connectivity index (χ2n) is 5.28. The Balaban J connectivity index is 2.07. The fourth-order valence-corrected chi connectivity index (χ4v) is 2.59. The predicted octanol–water partition coefficient (Wildman–Crippen LogP) is 2.80. The number of nitrogens with zero attached hydrogens (tertiary/aromatic N) is 3. The zero-order chi connectivity index (χ0) is 16.6. The summed E-state index contributed by atoms with van der Waals surface area (Å²) in [7, 11) is 0. The van der Waals surface area contributed by atoms with Gasteiger partial charge >= 0.3 is 0 Å². The van der Waals surface area contributed by atoms with Gasteiger partial charge < -0.3 is 14.8 Å². The van der Waals surface area contributed by atoms with Crippen molar-refractivity contribution in [3.05, 3.63) is 63.1 Å². The smallest absolute Gasteiger partial charge is 0.274 e. The first kappa shape index (κ1) is 15.3. The van der Waals surface area contributed by atoms with Gasteiger partial charge in [0, 0.05) is 23.5 Å². The highest BCUT2D eigenvalue weighted by Gasteiger charge is 2.14. The van der Waals surface area contributed by atoms with Crippen molar-refractivity contribution in [2.45, 2.75) is 20.4 Å². The lowest BCUT2D eigenvalue weighted by atomic mass is 10.1. The first-order chi connectivity index (χ1) is 11.0. The molecule has 0 amide bonds. The molecule has 3 heterocycles. The summed E-state index contributed by atoms with van der Waals surface area (Å²) in [4.78, 5) is 16.5. The number of nitrogens with two attached hydrogens (primary N) is 1. The average Bonchev–Trinajstić information content (AvgIpc) is 2.85. The quantitative estimate of drug-likeness (QED) is 0.798. The maximum absolute atomic E-state index is 12.3. The van der Waals surface area contributed by atoms with Gasteiger partial charge in [0.05, 0.1) is 28.6 Å². The van der Waals surface area contributed by atoms with Crippen molar-refractivity contribution in [1.29, 1.82) is 0 Å². The molecule has 3 rings (SSSR count). The molecular formula is C16H15ClN4O2. The van der Waals surface area contributed by atoms with Crippen LogP contribution in [0.4, 0.5) is 5.69 Å². The van der Waals surface area contributed by atoms with Gasteiger partial charge in [-0.3, -0.25) is 9.78 Å². The highest BCUT2D eigenvalue weighted by atomic mass is 35.5. The number of aromatic nitrogens is 3. The van der Waals surface area contributed by atoms with E-state index in [-0.39, 0.29) is 11.2 Å². The minimum Gasteiger partial charge on any atom is -0.394 e. The Morgan fingerprint density at radius 2 is 2.13 bits per heavy atom. The molecule has 3 aromatic rings. The van der Waals surface area contributed by atoms with Crippen LogP contribution in [0.2, 0.25) is 5.02 Å². The van der Waals surface area contributed by atoms with Gasteiger partial charge in [-0.05, 0) is 32.0 Å². The number of rotatable bonds is 3. The van der Waals surface area contributed by atoms with Crippen LogP contribution in [0.1, 0.15) is 17.1 Å². The lowest BCUT2D eigenvalue weighted by molar-refractivity contribution is 0.393. The van der Waals surface area contributed by atoms with E-state index in [1.165, 1.54) is 4.57 Å². The van der Waals surface area contributed by atoms with Crippen LogP contribution >= 0.6 is 11.6 Å². The Morgan fingerprint density at radius 1 is 1.35 bits per heavy atom. The van der Waals surface area contributed by atoms with Crippen molar-refractivity contribution < 1.29 is 4.52 Å². The minimum absolute atomic E-state index is 0.163. The molecule has 0 atom stereocenters. The van der Waals surface area contributed by atoms with Crippen LogP contribution in [0.25, 0.3) is 11.1 Å². The van der Waals surface area contributed by atoms with Crippen LogP contribution in [-0.4, -0.2) is 14.7 Å². The highest BCUT2D eigenvalue weighted by Crippen LogP contribution is 2.27. The van der Waals surface area contributed by atoms with Crippen LogP contribution in [0, 0.1) is 13.8 Å². The van der Waals surface area contributed by atoms with Crippen molar-refractivity contribution in [3.63, 3.8) is 0 Å². The molecular weight excluding hydrogens is 316 g/mol. The van der Waals surface area contributed by atoms with E-state index < -0.39 is 0 Å². The summed E-state index contributed by atoms with van der Waals surface area (Å²) >= 11 is 5.83. The van der Waals surface area contributed by atoms with Crippen molar-refractivity contribution in [1.82, 2.24) is 14.7 Å². The lowest BCUT2D eigenvalue weighted by Gasteiger charge is -2.10. The third-order valence-electron chi connectivity index (χ3n) is 3.56. The Bertz CT molecular complexity index is 893. The minimum atomic E-state index is -0.266. The Hall–Kier alpha value is -2.60. The number of hydrogen-bond donors (Lipinski definition) is 1. The van der Waals surface area contributed by atoms with Gasteiger partial charge in [0.15, 0.2) is 0 Å². The monoisotopic (exact) mass is 330 g/mol. The molecule has 6 nitrogen and oxygen atoms in total. The summed E-state index contributed by atoms with van der Waals surface area (Å²) in [5.41, 5.74) is 8.86. The molecule has 0 aliphatic heterocycles. The van der Waals surface area contributed by atoms with Crippen LogP contribution in [-0.2, 0) is 6.54 Å². The standard InChI is InChI=1S/C16H15ClN4O2/c1-9-15(10(2)23-20-9)11-5-14(18)16(22)21(7-11)8-13-4-3-12(17)6-19-13/h3-7H,8,18H2,1-2H3. The maximum Gasteiger partial charge on any atom is 0.274 e. The molecule has 3 aromatic heterocycles. The van der Waals surface area contributed by atoms with Crippen LogP contribution in [0.15, 0.2) is 39.9 Å². The fraction of sp³-hybridized carbons (Fsp3) is 0.188. The SMILES string of the molecule is Cc1noc(C)c1-c1cc(N)c(=O)n(Cc2ccc(Cl)cn2)c1. The van der Waals surface area contributed by atoms with Crippen molar-refractivity contribution in [2.75, 3.05) is 5.73 Å². The van der Waals surface area contributed by atoms with Gasteiger partial charge in [-0.15, -0.1) is 0 Å². The molecule has 2 N–H and O–H groups in total. The van der Waals surface area contributed by atoms with Crippen LogP contribution in [0.5, 0.6) is 0 Å². The molecule has 0 saturated heterocycles. The van der Waals surface area contributed by atoms with E-state index in [0.717, 1.165) is 16.8 Å². The normalized spacial score (nSPS) is 10.9. The van der Waals surface area contributed by atoms with Gasteiger partial charge in [0.1, 0.15) is 5.76 Å². The van der Waals surface area contributed by atoms with Crippen LogP contribution in [0.3, 0.4) is 0 Å².